The van der Waals surface area contributed by atoms with Crippen molar-refractivity contribution < 1.29 is 9.53 Å². The quantitative estimate of drug-likeness (QED) is 0.214. The number of methoxy groups -OCH3 is 1. The van der Waals surface area contributed by atoms with Crippen molar-refractivity contribution in [3.8, 4) is 22.5 Å². The van der Waals surface area contributed by atoms with E-state index in [0.29, 0.717) is 0 Å². The van der Waals surface area contributed by atoms with Gasteiger partial charge in [-0.2, -0.15) is 0 Å². The predicted molar refractivity (Wildman–Crippen MR) is 176 cm³/mol. The summed E-state index contributed by atoms with van der Waals surface area (Å²) in [5.74, 6) is 1.87. The SMILES string of the molecule is C.CN[C@H](C)c1nc(-c2ccc(I)cc2)cn1C.COC(=O)N(C)[C@H](C)c1nc(-c2ccc(I)cc2)cn1C. The van der Waals surface area contributed by atoms with Crippen LogP contribution in [0.5, 0.6) is 0 Å². The summed E-state index contributed by atoms with van der Waals surface area (Å²) in [6, 6.07) is 16.7. The molecule has 0 aliphatic heterocycles. The number of benzene rings is 2. The highest BCUT2D eigenvalue weighted by Gasteiger charge is 2.22. The second-order valence-corrected chi connectivity index (χ2v) is 11.5. The first-order valence-electron chi connectivity index (χ1n) is 12.1. The van der Waals surface area contributed by atoms with Crippen molar-refractivity contribution in [3.63, 3.8) is 0 Å². The lowest BCUT2D eigenvalue weighted by Crippen LogP contribution is -2.30. The summed E-state index contributed by atoms with van der Waals surface area (Å²) in [4.78, 5) is 22.5. The number of amides is 1. The monoisotopic (exact) mass is 756 g/mol. The number of aromatic nitrogens is 4. The van der Waals surface area contributed by atoms with Crippen LogP contribution in [0.3, 0.4) is 0 Å². The second-order valence-electron chi connectivity index (χ2n) is 8.97. The molecule has 0 fully saturated rings. The Balaban J connectivity index is 0.000000272. The molecule has 0 aliphatic rings. The van der Waals surface area contributed by atoms with Gasteiger partial charge in [0.1, 0.15) is 11.6 Å². The number of nitrogens with one attached hydrogen (secondary N) is 1. The third kappa shape index (κ3) is 8.27. The lowest BCUT2D eigenvalue weighted by molar-refractivity contribution is 0.118. The lowest BCUT2D eigenvalue weighted by atomic mass is 10.2. The van der Waals surface area contributed by atoms with Gasteiger partial charge in [-0.1, -0.05) is 31.7 Å². The van der Waals surface area contributed by atoms with E-state index in [-0.39, 0.29) is 25.6 Å². The molecule has 0 saturated heterocycles. The molecule has 2 heterocycles. The maximum atomic E-state index is 11.6. The van der Waals surface area contributed by atoms with Crippen LogP contribution in [0.1, 0.15) is 45.0 Å². The summed E-state index contributed by atoms with van der Waals surface area (Å²) in [6.07, 6.45) is 3.67. The molecule has 2 aromatic heterocycles. The molecular formula is C29H38I2N6O2. The Morgan fingerprint density at radius 2 is 1.28 bits per heavy atom. The zero-order valence-electron chi connectivity index (χ0n) is 22.7. The van der Waals surface area contributed by atoms with Gasteiger partial charge >= 0.3 is 6.09 Å². The van der Waals surface area contributed by atoms with Crippen LogP contribution in [-0.2, 0) is 18.8 Å². The van der Waals surface area contributed by atoms with Crippen LogP contribution in [0.15, 0.2) is 60.9 Å². The van der Waals surface area contributed by atoms with Crippen molar-refractivity contribution in [2.24, 2.45) is 14.1 Å². The van der Waals surface area contributed by atoms with Crippen molar-refractivity contribution in [3.05, 3.63) is 79.7 Å². The molecule has 0 bridgehead atoms. The van der Waals surface area contributed by atoms with E-state index < -0.39 is 0 Å². The Morgan fingerprint density at radius 3 is 1.69 bits per heavy atom. The lowest BCUT2D eigenvalue weighted by Gasteiger charge is -2.22. The topological polar surface area (TPSA) is 77.2 Å². The molecule has 2 atom stereocenters. The number of carbonyl (C=O) groups is 1. The molecule has 2 aromatic carbocycles. The number of imidazole rings is 2. The summed E-state index contributed by atoms with van der Waals surface area (Å²) < 4.78 is 11.2. The summed E-state index contributed by atoms with van der Waals surface area (Å²) in [5.41, 5.74) is 4.15. The number of rotatable bonds is 6. The molecule has 8 nitrogen and oxygen atoms in total. The van der Waals surface area contributed by atoms with E-state index in [0.717, 1.165) is 34.2 Å². The standard InChI is InChI=1S/C15H18IN3O2.C13H16IN3.CH4/c1-10(19(3)15(20)21-4)14-17-13(9-18(14)2)11-5-7-12(16)8-6-11;1-9(15-2)13-16-12(8-17(13)3)10-4-6-11(14)7-5-10;/h5-10H,1-4H3;4-9,15H,1-3H3;1H4/t10-;9-;/m11./s1. The van der Waals surface area contributed by atoms with Gasteiger partial charge in [0.05, 0.1) is 30.6 Å². The minimum atomic E-state index is -0.374. The van der Waals surface area contributed by atoms with Crippen LogP contribution in [0.4, 0.5) is 4.79 Å². The fourth-order valence-corrected chi connectivity index (χ4v) is 4.59. The molecule has 1 amide bonds. The summed E-state index contributed by atoms with van der Waals surface area (Å²) in [7, 11) is 8.99. The number of nitrogens with zero attached hydrogens (tertiary/aromatic N) is 5. The fourth-order valence-electron chi connectivity index (χ4n) is 3.88. The van der Waals surface area contributed by atoms with Crippen LogP contribution < -0.4 is 5.32 Å². The van der Waals surface area contributed by atoms with Gasteiger partial charge < -0.3 is 24.1 Å². The van der Waals surface area contributed by atoms with Gasteiger partial charge in [0.2, 0.25) is 0 Å². The number of halogens is 2. The van der Waals surface area contributed by atoms with Gasteiger partial charge in [0.25, 0.3) is 0 Å². The fraction of sp³-hybridized carbons (Fsp3) is 0.345. The largest absolute Gasteiger partial charge is 0.453 e. The highest BCUT2D eigenvalue weighted by atomic mass is 127. The number of hydrogen-bond donors (Lipinski definition) is 1. The first kappa shape index (κ1) is 32.8. The van der Waals surface area contributed by atoms with Gasteiger partial charge in [-0.3, -0.25) is 0 Å². The van der Waals surface area contributed by atoms with Crippen molar-refractivity contribution in [1.82, 2.24) is 29.3 Å². The molecule has 0 unspecified atom stereocenters. The Morgan fingerprint density at radius 1 is 0.872 bits per heavy atom. The van der Waals surface area contributed by atoms with Crippen molar-refractivity contribution >= 4 is 51.3 Å². The normalized spacial score (nSPS) is 12.0. The van der Waals surface area contributed by atoms with Crippen molar-refractivity contribution in [2.45, 2.75) is 33.4 Å². The van der Waals surface area contributed by atoms with Gasteiger partial charge in [0.15, 0.2) is 0 Å². The molecule has 4 aromatic rings. The summed E-state index contributed by atoms with van der Waals surface area (Å²) in [5, 5.41) is 3.21. The van der Waals surface area contributed by atoms with E-state index >= 15 is 0 Å². The zero-order valence-corrected chi connectivity index (χ0v) is 27.1. The Labute approximate surface area is 259 Å². The third-order valence-electron chi connectivity index (χ3n) is 6.34. The molecule has 10 heteroatoms. The predicted octanol–water partition coefficient (Wildman–Crippen LogP) is 7.06. The van der Waals surface area contributed by atoms with Crippen LogP contribution in [0.25, 0.3) is 22.5 Å². The van der Waals surface area contributed by atoms with E-state index in [9.17, 15) is 4.79 Å². The van der Waals surface area contributed by atoms with E-state index in [2.05, 4.69) is 102 Å². The minimum Gasteiger partial charge on any atom is -0.453 e. The maximum absolute atomic E-state index is 11.6. The average Bonchev–Trinajstić information content (AvgIpc) is 3.50. The highest BCUT2D eigenvalue weighted by Crippen LogP contribution is 2.25. The van der Waals surface area contributed by atoms with Crippen LogP contribution in [0, 0.1) is 7.14 Å². The van der Waals surface area contributed by atoms with Gasteiger partial charge in [0, 0.05) is 51.8 Å². The number of carbonyl (C=O) groups excluding carboxylic acids is 1. The first-order chi connectivity index (χ1) is 18.0. The van der Waals surface area contributed by atoms with Crippen LogP contribution >= 0.6 is 45.2 Å². The molecular weight excluding hydrogens is 718 g/mol. The summed E-state index contributed by atoms with van der Waals surface area (Å²) >= 11 is 4.58. The molecule has 210 valence electrons. The first-order valence-corrected chi connectivity index (χ1v) is 14.3. The van der Waals surface area contributed by atoms with E-state index in [1.165, 1.54) is 19.2 Å². The van der Waals surface area contributed by atoms with Gasteiger partial charge in [-0.05, 0) is 90.3 Å². The highest BCUT2D eigenvalue weighted by molar-refractivity contribution is 14.1. The molecule has 0 spiro atoms. The van der Waals surface area contributed by atoms with Gasteiger partial charge in [-0.15, -0.1) is 0 Å². The number of ether oxygens (including phenoxy) is 1. The van der Waals surface area contributed by atoms with E-state index in [1.54, 1.807) is 7.05 Å². The van der Waals surface area contributed by atoms with Crippen LogP contribution in [-0.4, -0.2) is 51.3 Å². The molecule has 0 aliphatic carbocycles. The average molecular weight is 756 g/mol. The molecule has 0 radical (unpaired) electrons. The Kier molecular flexibility index (Phi) is 12.4. The van der Waals surface area contributed by atoms with E-state index in [1.807, 2.05) is 63.1 Å². The smallest absolute Gasteiger partial charge is 0.409 e. The number of hydrogen-bond acceptors (Lipinski definition) is 5. The van der Waals surface area contributed by atoms with Crippen LogP contribution in [0.2, 0.25) is 0 Å². The maximum Gasteiger partial charge on any atom is 0.409 e. The van der Waals surface area contributed by atoms with E-state index in [4.69, 9.17) is 4.74 Å². The zero-order chi connectivity index (χ0) is 28.0. The molecule has 39 heavy (non-hydrogen) atoms. The second kappa shape index (κ2) is 14.8. The Bertz CT molecular complexity index is 1350. The summed E-state index contributed by atoms with van der Waals surface area (Å²) in [6.45, 7) is 4.04. The molecule has 0 saturated carbocycles. The van der Waals surface area contributed by atoms with Gasteiger partial charge in [-0.25, -0.2) is 14.8 Å². The van der Waals surface area contributed by atoms with Crippen molar-refractivity contribution in [2.75, 3.05) is 21.2 Å². The minimum absolute atomic E-state index is 0. The van der Waals surface area contributed by atoms with Crippen molar-refractivity contribution in [1.29, 1.82) is 0 Å². The molecule has 4 rings (SSSR count). The Hall–Kier alpha value is -2.45. The number of aryl methyl sites for hydroxylation is 2. The third-order valence-corrected chi connectivity index (χ3v) is 7.78. The molecule has 1 N–H and O–H groups in total.